The van der Waals surface area contributed by atoms with Crippen molar-refractivity contribution in [2.45, 2.75) is 19.3 Å². The normalized spacial score (nSPS) is 13.2. The highest BCUT2D eigenvalue weighted by Gasteiger charge is 2.36. The van der Waals surface area contributed by atoms with Gasteiger partial charge in [-0.15, -0.1) is 0 Å². The second-order valence-electron chi connectivity index (χ2n) is 12.6. The minimum absolute atomic E-state index is 0.113. The molecule has 0 N–H and O–H groups in total. The molecule has 3 nitrogen and oxygen atoms in total. The summed E-state index contributed by atoms with van der Waals surface area (Å²) in [5, 5.41) is 2.33. The first-order valence-corrected chi connectivity index (χ1v) is 15.7. The predicted octanol–water partition coefficient (Wildman–Crippen LogP) is 11.4. The van der Waals surface area contributed by atoms with Gasteiger partial charge in [0.05, 0.1) is 11.4 Å². The SMILES string of the molecule is CC1(C)c2ccc(-c3ccc(-c4nc(-c5ccccc5)cc(-c5ccccc5)n4)cc3)cc2-c2cc3c(cc21)oc1ccccc13. The average Bonchev–Trinajstić information content (AvgIpc) is 3.59. The Morgan fingerprint density at radius 2 is 1.02 bits per heavy atom. The quantitative estimate of drug-likeness (QED) is 0.205. The molecule has 46 heavy (non-hydrogen) atoms. The van der Waals surface area contributed by atoms with Gasteiger partial charge in [-0.3, -0.25) is 0 Å². The van der Waals surface area contributed by atoms with Crippen molar-refractivity contribution in [1.29, 1.82) is 0 Å². The molecule has 9 rings (SSSR count). The molecule has 6 aromatic carbocycles. The summed E-state index contributed by atoms with van der Waals surface area (Å²) in [6, 6.07) is 51.1. The van der Waals surface area contributed by atoms with E-state index in [-0.39, 0.29) is 5.41 Å². The van der Waals surface area contributed by atoms with Crippen molar-refractivity contribution in [3.8, 4) is 56.2 Å². The number of hydrogen-bond donors (Lipinski definition) is 0. The Bertz CT molecular complexity index is 2360. The molecular weight excluding hydrogens is 560 g/mol. The molecule has 0 atom stereocenters. The molecule has 0 bridgehead atoms. The van der Waals surface area contributed by atoms with Gasteiger partial charge in [0.25, 0.3) is 0 Å². The first-order valence-electron chi connectivity index (χ1n) is 15.7. The van der Waals surface area contributed by atoms with Crippen molar-refractivity contribution >= 4 is 21.9 Å². The zero-order chi connectivity index (χ0) is 30.8. The van der Waals surface area contributed by atoms with Gasteiger partial charge in [0.1, 0.15) is 11.2 Å². The Hall–Kier alpha value is -5.80. The van der Waals surface area contributed by atoms with E-state index in [2.05, 4.69) is 111 Å². The van der Waals surface area contributed by atoms with Crippen LogP contribution in [-0.4, -0.2) is 9.97 Å². The molecular formula is C43H30N2O. The Labute approximate surface area is 267 Å². The van der Waals surface area contributed by atoms with Crippen molar-refractivity contribution in [2.75, 3.05) is 0 Å². The van der Waals surface area contributed by atoms with Crippen LogP contribution in [0.15, 0.2) is 150 Å². The van der Waals surface area contributed by atoms with E-state index in [4.69, 9.17) is 14.4 Å². The van der Waals surface area contributed by atoms with Crippen LogP contribution < -0.4 is 0 Å². The summed E-state index contributed by atoms with van der Waals surface area (Å²) in [7, 11) is 0. The zero-order valence-corrected chi connectivity index (χ0v) is 25.7. The Morgan fingerprint density at radius 1 is 0.435 bits per heavy atom. The third kappa shape index (κ3) is 4.20. The lowest BCUT2D eigenvalue weighted by Gasteiger charge is -2.21. The Kier molecular flexibility index (Phi) is 5.85. The summed E-state index contributed by atoms with van der Waals surface area (Å²) in [6.45, 7) is 4.63. The fourth-order valence-electron chi connectivity index (χ4n) is 7.05. The maximum atomic E-state index is 6.27. The number of benzene rings is 6. The zero-order valence-electron chi connectivity index (χ0n) is 25.7. The molecule has 2 aromatic heterocycles. The van der Waals surface area contributed by atoms with Crippen LogP contribution in [0.5, 0.6) is 0 Å². The summed E-state index contributed by atoms with van der Waals surface area (Å²) < 4.78 is 6.27. The van der Waals surface area contributed by atoms with Gasteiger partial charge in [-0.25, -0.2) is 9.97 Å². The molecule has 0 radical (unpaired) electrons. The molecule has 0 amide bonds. The molecule has 218 valence electrons. The summed E-state index contributed by atoms with van der Waals surface area (Å²) in [6.07, 6.45) is 0. The summed E-state index contributed by atoms with van der Waals surface area (Å²) in [5.41, 5.74) is 14.3. The van der Waals surface area contributed by atoms with E-state index >= 15 is 0 Å². The van der Waals surface area contributed by atoms with Crippen molar-refractivity contribution in [1.82, 2.24) is 9.97 Å². The number of fused-ring (bicyclic) bond motifs is 6. The predicted molar refractivity (Wildman–Crippen MR) is 189 cm³/mol. The number of hydrogen-bond acceptors (Lipinski definition) is 3. The molecule has 0 spiro atoms. The van der Waals surface area contributed by atoms with Crippen LogP contribution >= 0.6 is 0 Å². The maximum Gasteiger partial charge on any atom is 0.160 e. The van der Waals surface area contributed by atoms with Crippen molar-refractivity contribution in [2.24, 2.45) is 0 Å². The van der Waals surface area contributed by atoms with Gasteiger partial charge in [-0.05, 0) is 63.7 Å². The number of rotatable bonds is 4. The third-order valence-corrected chi connectivity index (χ3v) is 9.51. The molecule has 0 saturated heterocycles. The summed E-state index contributed by atoms with van der Waals surface area (Å²) in [4.78, 5) is 10.0. The lowest BCUT2D eigenvalue weighted by Crippen LogP contribution is -2.14. The Balaban J connectivity index is 1.12. The third-order valence-electron chi connectivity index (χ3n) is 9.51. The van der Waals surface area contributed by atoms with E-state index in [1.54, 1.807) is 0 Å². The van der Waals surface area contributed by atoms with E-state index < -0.39 is 0 Å². The molecule has 0 aliphatic heterocycles. The fraction of sp³-hybridized carbons (Fsp3) is 0.0698. The topological polar surface area (TPSA) is 38.9 Å². The van der Waals surface area contributed by atoms with Crippen LogP contribution in [0, 0.1) is 0 Å². The van der Waals surface area contributed by atoms with Crippen LogP contribution in [0.4, 0.5) is 0 Å². The highest BCUT2D eigenvalue weighted by molar-refractivity contribution is 6.07. The van der Waals surface area contributed by atoms with Crippen LogP contribution in [0.1, 0.15) is 25.0 Å². The fourth-order valence-corrected chi connectivity index (χ4v) is 7.05. The number of aromatic nitrogens is 2. The first-order chi connectivity index (χ1) is 22.5. The second kappa shape index (κ2) is 10.1. The smallest absolute Gasteiger partial charge is 0.160 e. The van der Waals surface area contributed by atoms with Gasteiger partial charge in [-0.2, -0.15) is 0 Å². The van der Waals surface area contributed by atoms with E-state index in [0.717, 1.165) is 50.2 Å². The molecule has 2 heterocycles. The molecule has 8 aromatic rings. The monoisotopic (exact) mass is 590 g/mol. The minimum atomic E-state index is -0.113. The molecule has 0 fully saturated rings. The minimum Gasteiger partial charge on any atom is -0.456 e. The molecule has 3 heteroatoms. The number of nitrogens with zero attached hydrogens (tertiary/aromatic N) is 2. The van der Waals surface area contributed by atoms with Crippen LogP contribution in [-0.2, 0) is 5.41 Å². The molecule has 1 aliphatic rings. The van der Waals surface area contributed by atoms with Crippen molar-refractivity contribution in [3.63, 3.8) is 0 Å². The highest BCUT2D eigenvalue weighted by Crippen LogP contribution is 2.51. The number of furan rings is 1. The van der Waals surface area contributed by atoms with Gasteiger partial charge in [-0.1, -0.05) is 129 Å². The summed E-state index contributed by atoms with van der Waals surface area (Å²) in [5.74, 6) is 0.716. The van der Waals surface area contributed by atoms with Crippen molar-refractivity contribution in [3.05, 3.63) is 157 Å². The lowest BCUT2D eigenvalue weighted by atomic mass is 9.82. The molecule has 0 unspecified atom stereocenters. The van der Waals surface area contributed by atoms with Gasteiger partial charge in [0.15, 0.2) is 5.82 Å². The largest absolute Gasteiger partial charge is 0.456 e. The standard InChI is InChI=1S/C43H30N2O/c1-43(2)36-22-21-31(23-33(36)34-24-35-32-15-9-10-16-40(32)46-41(35)25-37(34)43)27-17-19-30(20-18-27)42-44-38(28-11-5-3-6-12-28)26-39(45-42)29-13-7-4-8-14-29/h3-26H,1-2H3. The van der Waals surface area contributed by atoms with Crippen LogP contribution in [0.3, 0.4) is 0 Å². The molecule has 1 aliphatic carbocycles. The first kappa shape index (κ1) is 26.6. The average molecular weight is 591 g/mol. The van der Waals surface area contributed by atoms with Crippen LogP contribution in [0.2, 0.25) is 0 Å². The van der Waals surface area contributed by atoms with E-state index in [9.17, 15) is 0 Å². The van der Waals surface area contributed by atoms with Gasteiger partial charge < -0.3 is 4.42 Å². The highest BCUT2D eigenvalue weighted by atomic mass is 16.3. The van der Waals surface area contributed by atoms with Gasteiger partial charge in [0.2, 0.25) is 0 Å². The van der Waals surface area contributed by atoms with E-state index in [1.807, 2.05) is 48.5 Å². The van der Waals surface area contributed by atoms with E-state index in [0.29, 0.717) is 5.82 Å². The van der Waals surface area contributed by atoms with Crippen molar-refractivity contribution < 1.29 is 4.42 Å². The van der Waals surface area contributed by atoms with E-state index in [1.165, 1.54) is 33.2 Å². The van der Waals surface area contributed by atoms with Gasteiger partial charge >= 0.3 is 0 Å². The van der Waals surface area contributed by atoms with Crippen LogP contribution in [0.25, 0.3) is 78.1 Å². The lowest BCUT2D eigenvalue weighted by molar-refractivity contribution is 0.647. The number of para-hydroxylation sites is 1. The molecule has 0 saturated carbocycles. The Morgan fingerprint density at radius 3 is 1.72 bits per heavy atom. The maximum absolute atomic E-state index is 6.27. The summed E-state index contributed by atoms with van der Waals surface area (Å²) >= 11 is 0. The second-order valence-corrected chi connectivity index (χ2v) is 12.6. The van der Waals surface area contributed by atoms with Gasteiger partial charge in [0, 0.05) is 32.9 Å².